The van der Waals surface area contributed by atoms with Crippen molar-refractivity contribution in [3.8, 4) is 16.9 Å². The van der Waals surface area contributed by atoms with Gasteiger partial charge in [0.25, 0.3) is 5.91 Å². The van der Waals surface area contributed by atoms with Crippen molar-refractivity contribution >= 4 is 13.9 Å². The Morgan fingerprint density at radius 2 is 1.72 bits per heavy atom. The quantitative estimate of drug-likeness (QED) is 0.614. The van der Waals surface area contributed by atoms with Crippen molar-refractivity contribution in [1.82, 2.24) is 19.6 Å². The van der Waals surface area contributed by atoms with Crippen molar-refractivity contribution in [2.45, 2.75) is 32.9 Å². The molecule has 1 aromatic heterocycles. The number of amides is 1. The van der Waals surface area contributed by atoms with Gasteiger partial charge in [-0.2, -0.15) is 0 Å². The number of carbonyl (C=O) groups excluding carboxylic acids is 1. The topological polar surface area (TPSA) is 40.5 Å². The van der Waals surface area contributed by atoms with E-state index >= 15 is 0 Å². The maximum Gasteiger partial charge on any atom is 0.256 e. The summed E-state index contributed by atoms with van der Waals surface area (Å²) in [6, 6.07) is 23.2. The SMILES string of the molecule is BN1CCN(C(=O)c2cc(C)n(-c3ccccc3)c2-c2ccccc2)[C@H](CNC(C)C)C1. The highest BCUT2D eigenvalue weighted by molar-refractivity contribution is 6.05. The Hall–Kier alpha value is -2.83. The molecular formula is C26H33BN4O. The van der Waals surface area contributed by atoms with Gasteiger partial charge in [0.1, 0.15) is 0 Å². The summed E-state index contributed by atoms with van der Waals surface area (Å²) in [6.45, 7) is 9.69. The summed E-state index contributed by atoms with van der Waals surface area (Å²) in [4.78, 5) is 18.4. The van der Waals surface area contributed by atoms with Crippen molar-refractivity contribution in [1.29, 1.82) is 0 Å². The zero-order valence-corrected chi connectivity index (χ0v) is 19.6. The van der Waals surface area contributed by atoms with Gasteiger partial charge in [-0.1, -0.05) is 62.4 Å². The summed E-state index contributed by atoms with van der Waals surface area (Å²) in [5.74, 6) is 0.116. The summed E-state index contributed by atoms with van der Waals surface area (Å²) < 4.78 is 2.21. The van der Waals surface area contributed by atoms with Crippen molar-refractivity contribution in [2.24, 2.45) is 0 Å². The maximum atomic E-state index is 14.0. The smallest absolute Gasteiger partial charge is 0.256 e. The summed E-state index contributed by atoms with van der Waals surface area (Å²) in [6.07, 6.45) is 0. The lowest BCUT2D eigenvalue weighted by Gasteiger charge is -2.41. The minimum absolute atomic E-state index is 0.116. The van der Waals surface area contributed by atoms with Crippen LogP contribution in [0.4, 0.5) is 0 Å². The second-order valence-corrected chi connectivity index (χ2v) is 9.06. The highest BCUT2D eigenvalue weighted by atomic mass is 16.2. The standard InChI is InChI=1S/C26H33BN4O/c1-19(2)28-17-23-18-29(27)14-15-30(23)26(32)24-16-20(3)31(22-12-8-5-9-13-22)25(24)21-10-6-4-7-11-21/h4-13,16,19,23,28H,14-15,17-18,27H2,1-3H3/t23-/m1/s1. The molecule has 0 aliphatic carbocycles. The molecular weight excluding hydrogens is 395 g/mol. The molecule has 1 N–H and O–H groups in total. The number of aromatic nitrogens is 1. The number of para-hydroxylation sites is 1. The predicted octanol–water partition coefficient (Wildman–Crippen LogP) is 3.13. The molecule has 1 atom stereocenters. The van der Waals surface area contributed by atoms with Gasteiger partial charge in [0.05, 0.1) is 17.3 Å². The van der Waals surface area contributed by atoms with E-state index in [2.05, 4.69) is 78.7 Å². The Bertz CT molecular complexity index is 1050. The third-order valence-corrected chi connectivity index (χ3v) is 6.19. The molecule has 1 amide bonds. The molecule has 1 fully saturated rings. The number of benzene rings is 2. The first-order valence-electron chi connectivity index (χ1n) is 11.5. The maximum absolute atomic E-state index is 14.0. The predicted molar refractivity (Wildman–Crippen MR) is 134 cm³/mol. The first-order chi connectivity index (χ1) is 15.5. The lowest BCUT2D eigenvalue weighted by molar-refractivity contribution is 0.0564. The Balaban J connectivity index is 1.78. The third kappa shape index (κ3) is 4.66. The van der Waals surface area contributed by atoms with E-state index in [0.717, 1.165) is 54.4 Å². The fourth-order valence-corrected chi connectivity index (χ4v) is 4.57. The average Bonchev–Trinajstić information content (AvgIpc) is 3.15. The van der Waals surface area contributed by atoms with E-state index in [1.54, 1.807) is 0 Å². The Kier molecular flexibility index (Phi) is 6.82. The third-order valence-electron chi connectivity index (χ3n) is 6.19. The largest absolute Gasteiger partial charge is 0.345 e. The van der Waals surface area contributed by atoms with Gasteiger partial charge in [-0.3, -0.25) is 4.79 Å². The highest BCUT2D eigenvalue weighted by Gasteiger charge is 2.32. The van der Waals surface area contributed by atoms with E-state index in [4.69, 9.17) is 0 Å². The van der Waals surface area contributed by atoms with Crippen molar-refractivity contribution in [3.63, 3.8) is 0 Å². The van der Waals surface area contributed by atoms with Gasteiger partial charge in [-0.25, -0.2) is 0 Å². The molecule has 3 aromatic rings. The van der Waals surface area contributed by atoms with Gasteiger partial charge < -0.3 is 19.6 Å². The van der Waals surface area contributed by atoms with Crippen LogP contribution in [0.25, 0.3) is 16.9 Å². The molecule has 0 saturated carbocycles. The number of nitrogens with one attached hydrogen (secondary N) is 1. The molecule has 6 heteroatoms. The van der Waals surface area contributed by atoms with E-state index in [-0.39, 0.29) is 11.9 Å². The molecule has 1 aliphatic rings. The number of aryl methyl sites for hydroxylation is 1. The van der Waals surface area contributed by atoms with Crippen molar-refractivity contribution in [3.05, 3.63) is 78.0 Å². The molecule has 1 aliphatic heterocycles. The molecule has 2 heterocycles. The van der Waals surface area contributed by atoms with E-state index in [9.17, 15) is 4.79 Å². The van der Waals surface area contributed by atoms with Gasteiger partial charge in [0.15, 0.2) is 7.98 Å². The fourth-order valence-electron chi connectivity index (χ4n) is 4.57. The summed E-state index contributed by atoms with van der Waals surface area (Å²) in [7, 11) is 2.13. The van der Waals surface area contributed by atoms with Gasteiger partial charge >= 0.3 is 0 Å². The zero-order valence-electron chi connectivity index (χ0n) is 19.6. The molecule has 0 unspecified atom stereocenters. The van der Waals surface area contributed by atoms with Crippen molar-refractivity contribution < 1.29 is 4.79 Å². The zero-order chi connectivity index (χ0) is 22.7. The summed E-state index contributed by atoms with van der Waals surface area (Å²) >= 11 is 0. The van der Waals surface area contributed by atoms with Gasteiger partial charge in [-0.15, -0.1) is 0 Å². The Morgan fingerprint density at radius 1 is 1.06 bits per heavy atom. The first kappa shape index (κ1) is 22.4. The van der Waals surface area contributed by atoms with E-state index in [1.165, 1.54) is 0 Å². The van der Waals surface area contributed by atoms with E-state index in [0.29, 0.717) is 6.04 Å². The number of carbonyl (C=O) groups is 1. The molecule has 166 valence electrons. The van der Waals surface area contributed by atoms with Crippen LogP contribution in [-0.2, 0) is 0 Å². The number of piperazine rings is 1. The van der Waals surface area contributed by atoms with Crippen LogP contribution in [0.3, 0.4) is 0 Å². The molecule has 0 radical (unpaired) electrons. The minimum atomic E-state index is 0.116. The lowest BCUT2D eigenvalue weighted by atomic mass is 10.0. The lowest BCUT2D eigenvalue weighted by Crippen LogP contribution is -2.58. The van der Waals surface area contributed by atoms with Crippen LogP contribution in [0.15, 0.2) is 66.7 Å². The molecule has 2 aromatic carbocycles. The molecule has 1 saturated heterocycles. The normalized spacial score (nSPS) is 17.1. The van der Waals surface area contributed by atoms with Crippen LogP contribution in [-0.4, -0.2) is 66.4 Å². The Labute approximate surface area is 192 Å². The monoisotopic (exact) mass is 428 g/mol. The molecule has 4 rings (SSSR count). The van der Waals surface area contributed by atoms with E-state index < -0.39 is 0 Å². The fraction of sp³-hybridized carbons (Fsp3) is 0.346. The van der Waals surface area contributed by atoms with Crippen LogP contribution < -0.4 is 5.32 Å². The number of hydrogen-bond acceptors (Lipinski definition) is 3. The number of hydrogen-bond donors (Lipinski definition) is 1. The first-order valence-corrected chi connectivity index (χ1v) is 11.5. The molecule has 32 heavy (non-hydrogen) atoms. The molecule has 5 nitrogen and oxygen atoms in total. The van der Waals surface area contributed by atoms with Crippen LogP contribution in [0.5, 0.6) is 0 Å². The second kappa shape index (κ2) is 9.76. The summed E-state index contributed by atoms with van der Waals surface area (Å²) in [5.41, 5.74) is 4.92. The van der Waals surface area contributed by atoms with Crippen LogP contribution in [0.1, 0.15) is 29.9 Å². The number of nitrogens with zero attached hydrogens (tertiary/aromatic N) is 3. The minimum Gasteiger partial charge on any atom is -0.345 e. The summed E-state index contributed by atoms with van der Waals surface area (Å²) in [5, 5.41) is 3.54. The van der Waals surface area contributed by atoms with Crippen LogP contribution in [0, 0.1) is 6.92 Å². The van der Waals surface area contributed by atoms with Gasteiger partial charge in [0, 0.05) is 43.6 Å². The van der Waals surface area contributed by atoms with Crippen molar-refractivity contribution in [2.75, 3.05) is 26.2 Å². The van der Waals surface area contributed by atoms with Gasteiger partial charge in [-0.05, 0) is 30.7 Å². The number of rotatable bonds is 6. The van der Waals surface area contributed by atoms with E-state index in [1.807, 2.05) is 36.4 Å². The van der Waals surface area contributed by atoms with Crippen LogP contribution >= 0.6 is 0 Å². The molecule has 0 spiro atoms. The Morgan fingerprint density at radius 3 is 2.38 bits per heavy atom. The van der Waals surface area contributed by atoms with Gasteiger partial charge in [0.2, 0.25) is 0 Å². The molecule has 0 bridgehead atoms. The highest BCUT2D eigenvalue weighted by Crippen LogP contribution is 2.32. The second-order valence-electron chi connectivity index (χ2n) is 9.06. The average molecular weight is 428 g/mol. The van der Waals surface area contributed by atoms with Crippen LogP contribution in [0.2, 0.25) is 0 Å².